The Morgan fingerprint density at radius 1 is 1.47 bits per heavy atom. The summed E-state index contributed by atoms with van der Waals surface area (Å²) < 4.78 is 15.7. The number of carbonyl (C=O) groups excluding carboxylic acids is 1. The first-order valence-electron chi connectivity index (χ1n) is 5.26. The van der Waals surface area contributed by atoms with Crippen molar-refractivity contribution < 1.29 is 9.18 Å². The number of nitrogens with zero attached hydrogens (tertiary/aromatic N) is 2. The van der Waals surface area contributed by atoms with Gasteiger partial charge in [0.15, 0.2) is 5.69 Å². The predicted molar refractivity (Wildman–Crippen MR) is 75.8 cm³/mol. The van der Waals surface area contributed by atoms with Crippen LogP contribution in [0.4, 0.5) is 4.39 Å². The van der Waals surface area contributed by atoms with Crippen LogP contribution in [-0.4, -0.2) is 15.7 Å². The minimum absolute atomic E-state index is 0.144. The maximum atomic E-state index is 13.8. The van der Waals surface area contributed by atoms with Crippen LogP contribution in [0.15, 0.2) is 29.2 Å². The smallest absolute Gasteiger partial charge is 0.273 e. The van der Waals surface area contributed by atoms with E-state index in [4.69, 9.17) is 5.73 Å². The average Bonchev–Trinajstić information content (AvgIpc) is 2.32. The number of benzene rings is 1. The van der Waals surface area contributed by atoms with E-state index in [1.807, 2.05) is 22.6 Å². The Balaban J connectivity index is 2.70. The minimum atomic E-state index is -0.937. The maximum Gasteiger partial charge on any atom is 0.273 e. The monoisotopic (exact) mass is 373 g/mol. The van der Waals surface area contributed by atoms with Gasteiger partial charge in [0, 0.05) is 15.3 Å². The highest BCUT2D eigenvalue weighted by Crippen LogP contribution is 2.15. The van der Waals surface area contributed by atoms with Crippen LogP contribution in [-0.2, 0) is 0 Å². The van der Waals surface area contributed by atoms with Crippen molar-refractivity contribution in [3.63, 3.8) is 0 Å². The van der Waals surface area contributed by atoms with Crippen molar-refractivity contribution in [2.45, 2.75) is 6.92 Å². The number of aromatic nitrogens is 2. The van der Waals surface area contributed by atoms with Crippen LogP contribution in [0.3, 0.4) is 0 Å². The molecule has 0 fully saturated rings. The summed E-state index contributed by atoms with van der Waals surface area (Å²) in [5.41, 5.74) is 4.54. The lowest BCUT2D eigenvalue weighted by Gasteiger charge is -2.09. The van der Waals surface area contributed by atoms with Gasteiger partial charge in [0.2, 0.25) is 5.43 Å². The van der Waals surface area contributed by atoms with E-state index < -0.39 is 22.8 Å². The number of hydrogen-bond donors (Lipinski definition) is 1. The number of halogens is 2. The molecule has 0 spiro atoms. The first kappa shape index (κ1) is 13.7. The van der Waals surface area contributed by atoms with Gasteiger partial charge < -0.3 is 5.73 Å². The maximum absolute atomic E-state index is 13.8. The quantitative estimate of drug-likeness (QED) is 0.809. The first-order valence-corrected chi connectivity index (χ1v) is 6.34. The normalized spacial score (nSPS) is 10.5. The number of aryl methyl sites for hydroxylation is 1. The van der Waals surface area contributed by atoms with Crippen LogP contribution in [0.5, 0.6) is 0 Å². The highest BCUT2D eigenvalue weighted by Gasteiger charge is 2.14. The lowest BCUT2D eigenvalue weighted by Crippen LogP contribution is -2.28. The molecule has 19 heavy (non-hydrogen) atoms. The summed E-state index contributed by atoms with van der Waals surface area (Å²) in [6.45, 7) is 1.51. The van der Waals surface area contributed by atoms with Gasteiger partial charge >= 0.3 is 0 Å². The van der Waals surface area contributed by atoms with Crippen molar-refractivity contribution in [1.82, 2.24) is 9.78 Å². The first-order chi connectivity index (χ1) is 8.90. The molecule has 1 aromatic heterocycles. The predicted octanol–water partition coefficient (Wildman–Crippen LogP) is 1.38. The third kappa shape index (κ3) is 2.65. The van der Waals surface area contributed by atoms with Gasteiger partial charge in [-0.15, -0.1) is 0 Å². The lowest BCUT2D eigenvalue weighted by molar-refractivity contribution is 0.0992. The van der Waals surface area contributed by atoms with E-state index >= 15 is 0 Å². The molecule has 1 heterocycles. The Morgan fingerprint density at radius 2 is 2.16 bits per heavy atom. The fourth-order valence-electron chi connectivity index (χ4n) is 1.56. The van der Waals surface area contributed by atoms with Crippen LogP contribution in [0, 0.1) is 16.3 Å². The van der Waals surface area contributed by atoms with Crippen molar-refractivity contribution >= 4 is 28.5 Å². The fraction of sp³-hybridized carbons (Fsp3) is 0.0833. The average molecular weight is 373 g/mol. The lowest BCUT2D eigenvalue weighted by atomic mass is 10.2. The van der Waals surface area contributed by atoms with E-state index in [-0.39, 0.29) is 11.3 Å². The van der Waals surface area contributed by atoms with Crippen molar-refractivity contribution in [2.24, 2.45) is 5.73 Å². The van der Waals surface area contributed by atoms with Gasteiger partial charge in [-0.1, -0.05) is 0 Å². The second-order valence-corrected chi connectivity index (χ2v) is 5.14. The molecule has 0 saturated carbocycles. The Bertz CT molecular complexity index is 727. The second kappa shape index (κ2) is 5.08. The van der Waals surface area contributed by atoms with Crippen LogP contribution < -0.4 is 11.2 Å². The van der Waals surface area contributed by atoms with Crippen molar-refractivity contribution in [3.8, 4) is 5.69 Å². The molecule has 2 aromatic rings. The molecule has 0 atom stereocenters. The van der Waals surface area contributed by atoms with Crippen LogP contribution in [0.25, 0.3) is 5.69 Å². The number of rotatable bonds is 2. The van der Waals surface area contributed by atoms with Gasteiger partial charge in [0.1, 0.15) is 11.5 Å². The van der Waals surface area contributed by atoms with E-state index in [0.29, 0.717) is 0 Å². The molecule has 0 aliphatic rings. The van der Waals surface area contributed by atoms with E-state index in [0.717, 1.165) is 8.25 Å². The summed E-state index contributed by atoms with van der Waals surface area (Å²) in [6.07, 6.45) is 1.36. The van der Waals surface area contributed by atoms with Crippen LogP contribution >= 0.6 is 22.6 Å². The third-order valence-corrected chi connectivity index (χ3v) is 3.16. The third-order valence-electron chi connectivity index (χ3n) is 2.49. The number of carbonyl (C=O) groups is 1. The summed E-state index contributed by atoms with van der Waals surface area (Å²) in [6, 6.07) is 4.53. The zero-order valence-electron chi connectivity index (χ0n) is 9.85. The molecule has 0 aliphatic heterocycles. The number of hydrogen-bond acceptors (Lipinski definition) is 3. The molecule has 7 heteroatoms. The molecule has 98 valence electrons. The zero-order chi connectivity index (χ0) is 14.2. The second-order valence-electron chi connectivity index (χ2n) is 3.89. The Kier molecular flexibility index (Phi) is 3.65. The topological polar surface area (TPSA) is 78.0 Å². The molecular weight excluding hydrogens is 364 g/mol. The molecule has 1 aromatic carbocycles. The Hall–Kier alpha value is -1.77. The number of primary amides is 1. The Morgan fingerprint density at radius 3 is 2.74 bits per heavy atom. The highest BCUT2D eigenvalue weighted by molar-refractivity contribution is 14.1. The van der Waals surface area contributed by atoms with Crippen molar-refractivity contribution in [2.75, 3.05) is 0 Å². The molecule has 2 N–H and O–H groups in total. The summed E-state index contributed by atoms with van der Waals surface area (Å²) in [5, 5.41) is 3.78. The van der Waals surface area contributed by atoms with E-state index in [9.17, 15) is 14.0 Å². The van der Waals surface area contributed by atoms with Gasteiger partial charge in [0.25, 0.3) is 5.91 Å². The SMILES string of the molecule is Cc1cn(-c2ccc(I)cc2F)nc(C(N)=O)c1=O. The number of nitrogens with two attached hydrogens (primary N) is 1. The highest BCUT2D eigenvalue weighted by atomic mass is 127. The molecule has 0 aliphatic carbocycles. The number of amides is 1. The van der Waals surface area contributed by atoms with Gasteiger partial charge in [0.05, 0.1) is 0 Å². The molecule has 0 unspecified atom stereocenters. The standard InChI is InChI=1S/C12H9FIN3O2/c1-6-5-17(16-10(11(6)18)12(15)19)9-3-2-7(14)4-8(9)13/h2-5H,1H3,(H2,15,19). The largest absolute Gasteiger partial charge is 0.364 e. The molecular formula is C12H9FIN3O2. The van der Waals surface area contributed by atoms with Crippen LogP contribution in [0.1, 0.15) is 16.1 Å². The zero-order valence-corrected chi connectivity index (χ0v) is 12.0. The van der Waals surface area contributed by atoms with Gasteiger partial charge in [-0.3, -0.25) is 9.59 Å². The molecule has 2 rings (SSSR count). The molecule has 0 radical (unpaired) electrons. The molecule has 0 saturated heterocycles. The van der Waals surface area contributed by atoms with Crippen molar-refractivity contribution in [1.29, 1.82) is 0 Å². The van der Waals surface area contributed by atoms with Gasteiger partial charge in [-0.25, -0.2) is 9.07 Å². The van der Waals surface area contributed by atoms with Crippen LogP contribution in [0.2, 0.25) is 0 Å². The minimum Gasteiger partial charge on any atom is -0.364 e. The summed E-state index contributed by atoms with van der Waals surface area (Å²) in [4.78, 5) is 22.8. The Labute approximate surface area is 121 Å². The van der Waals surface area contributed by atoms with Gasteiger partial charge in [-0.2, -0.15) is 5.10 Å². The fourth-order valence-corrected chi connectivity index (χ4v) is 2.02. The molecule has 0 bridgehead atoms. The molecule has 1 amide bonds. The van der Waals surface area contributed by atoms with E-state index in [2.05, 4.69) is 5.10 Å². The molecule has 5 nitrogen and oxygen atoms in total. The summed E-state index contributed by atoms with van der Waals surface area (Å²) in [7, 11) is 0. The van der Waals surface area contributed by atoms with E-state index in [1.165, 1.54) is 25.3 Å². The summed E-state index contributed by atoms with van der Waals surface area (Å²) in [5.74, 6) is -1.44. The van der Waals surface area contributed by atoms with Crippen molar-refractivity contribution in [3.05, 3.63) is 55.3 Å². The summed E-state index contributed by atoms with van der Waals surface area (Å²) >= 11 is 1.98. The van der Waals surface area contributed by atoms with Gasteiger partial charge in [-0.05, 0) is 47.7 Å². The van der Waals surface area contributed by atoms with E-state index in [1.54, 1.807) is 6.07 Å².